The van der Waals surface area contributed by atoms with Gasteiger partial charge in [0.15, 0.2) is 5.76 Å². The van der Waals surface area contributed by atoms with Gasteiger partial charge in [-0.3, -0.25) is 4.68 Å². The Morgan fingerprint density at radius 2 is 2.47 bits per heavy atom. The number of rotatable bonds is 3. The third-order valence-corrected chi connectivity index (χ3v) is 2.05. The molecule has 2 rings (SSSR count). The number of hydrogen-bond donors (Lipinski definition) is 1. The van der Waals surface area contributed by atoms with Gasteiger partial charge in [0.2, 0.25) is 0 Å². The van der Waals surface area contributed by atoms with E-state index < -0.39 is 5.97 Å². The quantitative estimate of drug-likeness (QED) is 0.819. The van der Waals surface area contributed by atoms with Crippen LogP contribution in [-0.4, -0.2) is 26.0 Å². The average molecular weight is 207 g/mol. The molecule has 0 atom stereocenters. The molecule has 2 heterocycles. The summed E-state index contributed by atoms with van der Waals surface area (Å²) in [7, 11) is 0. The Balaban J connectivity index is 2.54. The minimum Gasteiger partial charge on any atom is -0.477 e. The number of aromatic nitrogens is 3. The summed E-state index contributed by atoms with van der Waals surface area (Å²) >= 11 is 0. The maximum atomic E-state index is 10.8. The Kier molecular flexibility index (Phi) is 2.24. The fourth-order valence-corrected chi connectivity index (χ4v) is 1.35. The highest BCUT2D eigenvalue weighted by Crippen LogP contribution is 2.22. The minimum absolute atomic E-state index is 0.0465. The second-order valence-corrected chi connectivity index (χ2v) is 2.91. The van der Waals surface area contributed by atoms with Crippen molar-refractivity contribution in [3.63, 3.8) is 0 Å². The van der Waals surface area contributed by atoms with Gasteiger partial charge in [-0.15, -0.1) is 0 Å². The van der Waals surface area contributed by atoms with E-state index in [-0.39, 0.29) is 11.3 Å². The highest BCUT2D eigenvalue weighted by Gasteiger charge is 2.19. The normalized spacial score (nSPS) is 10.5. The van der Waals surface area contributed by atoms with Crippen LogP contribution in [0.2, 0.25) is 0 Å². The number of carbonyl (C=O) groups is 1. The van der Waals surface area contributed by atoms with Gasteiger partial charge in [0, 0.05) is 12.7 Å². The van der Waals surface area contributed by atoms with Crippen LogP contribution in [0.15, 0.2) is 23.0 Å². The number of nitrogens with zero attached hydrogens (tertiary/aromatic N) is 3. The summed E-state index contributed by atoms with van der Waals surface area (Å²) in [5, 5.41) is 16.4. The maximum Gasteiger partial charge on any atom is 0.341 e. The third-order valence-electron chi connectivity index (χ3n) is 2.05. The molecule has 0 aliphatic heterocycles. The number of carboxylic acids is 1. The molecule has 78 valence electrons. The highest BCUT2D eigenvalue weighted by atomic mass is 16.5. The highest BCUT2D eigenvalue weighted by molar-refractivity contribution is 5.93. The van der Waals surface area contributed by atoms with Crippen molar-refractivity contribution in [1.82, 2.24) is 14.9 Å². The molecule has 0 fully saturated rings. The number of aryl methyl sites for hydroxylation is 1. The zero-order valence-corrected chi connectivity index (χ0v) is 8.04. The van der Waals surface area contributed by atoms with E-state index in [0.29, 0.717) is 12.2 Å². The summed E-state index contributed by atoms with van der Waals surface area (Å²) in [5.74, 6) is -0.822. The first kappa shape index (κ1) is 9.45. The molecule has 2 aromatic heterocycles. The van der Waals surface area contributed by atoms with Crippen LogP contribution in [0.5, 0.6) is 0 Å². The van der Waals surface area contributed by atoms with Crippen LogP contribution in [-0.2, 0) is 6.54 Å². The van der Waals surface area contributed by atoms with Crippen LogP contribution in [0.4, 0.5) is 0 Å². The van der Waals surface area contributed by atoms with E-state index in [1.807, 2.05) is 6.92 Å². The molecule has 0 saturated heterocycles. The van der Waals surface area contributed by atoms with Crippen molar-refractivity contribution in [3.05, 3.63) is 24.0 Å². The van der Waals surface area contributed by atoms with E-state index >= 15 is 0 Å². The Morgan fingerprint density at radius 3 is 3.13 bits per heavy atom. The van der Waals surface area contributed by atoms with Crippen LogP contribution >= 0.6 is 0 Å². The Hall–Kier alpha value is -2.11. The molecule has 15 heavy (non-hydrogen) atoms. The molecule has 0 aromatic carbocycles. The molecule has 2 aromatic rings. The largest absolute Gasteiger partial charge is 0.477 e. The fraction of sp³-hybridized carbons (Fsp3) is 0.222. The van der Waals surface area contributed by atoms with Crippen molar-refractivity contribution in [3.8, 4) is 11.5 Å². The van der Waals surface area contributed by atoms with E-state index in [1.165, 1.54) is 6.20 Å². The van der Waals surface area contributed by atoms with Gasteiger partial charge in [0.25, 0.3) is 0 Å². The van der Waals surface area contributed by atoms with E-state index in [0.717, 1.165) is 0 Å². The van der Waals surface area contributed by atoms with E-state index in [4.69, 9.17) is 9.63 Å². The van der Waals surface area contributed by atoms with Gasteiger partial charge in [-0.2, -0.15) is 5.10 Å². The van der Waals surface area contributed by atoms with Crippen LogP contribution in [0.3, 0.4) is 0 Å². The Morgan fingerprint density at radius 1 is 1.67 bits per heavy atom. The summed E-state index contributed by atoms with van der Waals surface area (Å²) in [4.78, 5) is 10.8. The van der Waals surface area contributed by atoms with Gasteiger partial charge in [0.05, 0.1) is 6.20 Å². The minimum atomic E-state index is -1.06. The smallest absolute Gasteiger partial charge is 0.341 e. The van der Waals surface area contributed by atoms with Crippen molar-refractivity contribution in [1.29, 1.82) is 0 Å². The molecule has 6 heteroatoms. The second kappa shape index (κ2) is 3.56. The molecule has 0 bridgehead atoms. The lowest BCUT2D eigenvalue weighted by molar-refractivity contribution is 0.0697. The lowest BCUT2D eigenvalue weighted by Gasteiger charge is -2.00. The monoisotopic (exact) mass is 207 g/mol. The first-order valence-electron chi connectivity index (χ1n) is 4.44. The summed E-state index contributed by atoms with van der Waals surface area (Å²) < 4.78 is 6.57. The second-order valence-electron chi connectivity index (χ2n) is 2.91. The molecule has 0 saturated carbocycles. The van der Waals surface area contributed by atoms with Crippen molar-refractivity contribution in [2.45, 2.75) is 13.5 Å². The van der Waals surface area contributed by atoms with Gasteiger partial charge in [-0.05, 0) is 13.0 Å². The molecule has 0 radical (unpaired) electrons. The molecule has 0 aliphatic rings. The molecular formula is C9H9N3O3. The molecule has 1 N–H and O–H groups in total. The van der Waals surface area contributed by atoms with Crippen molar-refractivity contribution < 1.29 is 14.4 Å². The van der Waals surface area contributed by atoms with Gasteiger partial charge in [0.1, 0.15) is 11.3 Å². The predicted molar refractivity (Wildman–Crippen MR) is 50.4 cm³/mol. The maximum absolute atomic E-state index is 10.8. The van der Waals surface area contributed by atoms with E-state index in [2.05, 4.69) is 10.3 Å². The van der Waals surface area contributed by atoms with Gasteiger partial charge < -0.3 is 9.63 Å². The Labute approximate surface area is 85.1 Å². The van der Waals surface area contributed by atoms with E-state index in [1.54, 1.807) is 16.9 Å². The van der Waals surface area contributed by atoms with Crippen LogP contribution < -0.4 is 0 Å². The zero-order chi connectivity index (χ0) is 10.8. The molecule has 0 amide bonds. The lowest BCUT2D eigenvalue weighted by atomic mass is 10.2. The topological polar surface area (TPSA) is 81.2 Å². The van der Waals surface area contributed by atoms with Crippen molar-refractivity contribution >= 4 is 5.97 Å². The molecule has 0 spiro atoms. The van der Waals surface area contributed by atoms with Crippen molar-refractivity contribution in [2.24, 2.45) is 0 Å². The van der Waals surface area contributed by atoms with Gasteiger partial charge in [-0.1, -0.05) is 5.16 Å². The van der Waals surface area contributed by atoms with Crippen LogP contribution in [0.25, 0.3) is 11.5 Å². The number of aromatic carboxylic acids is 1. The average Bonchev–Trinajstić information content (AvgIpc) is 2.85. The SMILES string of the molecule is CCn1nccc1-c1oncc1C(=O)O. The summed E-state index contributed by atoms with van der Waals surface area (Å²) in [6.07, 6.45) is 2.78. The first-order valence-corrected chi connectivity index (χ1v) is 4.44. The summed E-state index contributed by atoms with van der Waals surface area (Å²) in [6.45, 7) is 2.55. The van der Waals surface area contributed by atoms with Crippen LogP contribution in [0.1, 0.15) is 17.3 Å². The van der Waals surface area contributed by atoms with Gasteiger partial charge in [-0.25, -0.2) is 4.79 Å². The molecule has 6 nitrogen and oxygen atoms in total. The number of hydrogen-bond acceptors (Lipinski definition) is 4. The van der Waals surface area contributed by atoms with E-state index in [9.17, 15) is 4.79 Å². The Bertz CT molecular complexity index is 486. The van der Waals surface area contributed by atoms with Crippen molar-refractivity contribution in [2.75, 3.05) is 0 Å². The lowest BCUT2D eigenvalue weighted by Crippen LogP contribution is -2.02. The third kappa shape index (κ3) is 1.50. The molecule has 0 unspecified atom stereocenters. The van der Waals surface area contributed by atoms with Crippen LogP contribution in [0, 0.1) is 0 Å². The standard InChI is InChI=1S/C9H9N3O3/c1-2-12-7(3-4-10-12)8-6(9(13)14)5-11-15-8/h3-5H,2H2,1H3,(H,13,14). The summed E-state index contributed by atoms with van der Waals surface area (Å²) in [5.41, 5.74) is 0.664. The number of carboxylic acid groups (broad SMARTS) is 1. The summed E-state index contributed by atoms with van der Waals surface area (Å²) in [6, 6.07) is 1.69. The fourth-order valence-electron chi connectivity index (χ4n) is 1.35. The predicted octanol–water partition coefficient (Wildman–Crippen LogP) is 1.26. The molecular weight excluding hydrogens is 198 g/mol. The molecule has 0 aliphatic carbocycles. The first-order chi connectivity index (χ1) is 7.24. The van der Waals surface area contributed by atoms with Gasteiger partial charge >= 0.3 is 5.97 Å². The zero-order valence-electron chi connectivity index (χ0n) is 8.04.